The molecule has 1 aromatic rings. The van der Waals surface area contributed by atoms with Crippen LogP contribution in [0.15, 0.2) is 24.3 Å². The van der Waals surface area contributed by atoms with Gasteiger partial charge in [0, 0.05) is 24.8 Å². The van der Waals surface area contributed by atoms with Crippen LogP contribution >= 0.6 is 0 Å². The Bertz CT molecular complexity index is 419. The zero-order valence-electron chi connectivity index (χ0n) is 11.1. The number of carbonyl (C=O) groups is 1. The summed E-state index contributed by atoms with van der Waals surface area (Å²) >= 11 is 0. The summed E-state index contributed by atoms with van der Waals surface area (Å²) < 4.78 is 0. The fraction of sp³-hybridized carbons (Fsp3) is 0.500. The molecule has 1 aliphatic rings. The number of amides is 2. The van der Waals surface area contributed by atoms with E-state index in [1.807, 2.05) is 43.1 Å². The molecule has 0 aliphatic carbocycles. The second kappa shape index (κ2) is 5.87. The second-order valence-corrected chi connectivity index (χ2v) is 4.87. The van der Waals surface area contributed by atoms with Crippen LogP contribution < -0.4 is 10.6 Å². The van der Waals surface area contributed by atoms with Gasteiger partial charge in [0.1, 0.15) is 0 Å². The first-order valence-corrected chi connectivity index (χ1v) is 6.49. The van der Waals surface area contributed by atoms with Crippen molar-refractivity contribution in [1.82, 2.24) is 10.2 Å². The van der Waals surface area contributed by atoms with Crippen LogP contribution in [0.5, 0.6) is 0 Å². The third-order valence-electron chi connectivity index (χ3n) is 3.39. The van der Waals surface area contributed by atoms with E-state index >= 15 is 0 Å². The highest BCUT2D eigenvalue weighted by Crippen LogP contribution is 2.14. The fourth-order valence-corrected chi connectivity index (χ4v) is 2.32. The van der Waals surface area contributed by atoms with Crippen molar-refractivity contribution >= 4 is 11.7 Å². The second-order valence-electron chi connectivity index (χ2n) is 4.87. The number of nitrogens with zero attached hydrogens (tertiary/aromatic N) is 1. The molecule has 1 fully saturated rings. The molecule has 18 heavy (non-hydrogen) atoms. The van der Waals surface area contributed by atoms with E-state index in [1.54, 1.807) is 0 Å². The Morgan fingerprint density at radius 2 is 2.28 bits per heavy atom. The maximum atomic E-state index is 12.1. The van der Waals surface area contributed by atoms with Crippen molar-refractivity contribution in [2.45, 2.75) is 25.8 Å². The number of likely N-dealkylation sites (tertiary alicyclic amines) is 1. The highest BCUT2D eigenvalue weighted by Gasteiger charge is 2.22. The molecule has 2 N–H and O–H groups in total. The lowest BCUT2D eigenvalue weighted by molar-refractivity contribution is 0.187. The van der Waals surface area contributed by atoms with Crippen LogP contribution in [0.2, 0.25) is 0 Å². The molecule has 2 amide bonds. The molecule has 0 saturated carbocycles. The molecular weight excluding hydrogens is 226 g/mol. The van der Waals surface area contributed by atoms with E-state index in [4.69, 9.17) is 0 Å². The molecular formula is C14H21N3O. The highest BCUT2D eigenvalue weighted by atomic mass is 16.2. The number of aryl methyl sites for hydroxylation is 1. The molecule has 98 valence electrons. The van der Waals surface area contributed by atoms with Crippen molar-refractivity contribution in [3.63, 3.8) is 0 Å². The van der Waals surface area contributed by atoms with Gasteiger partial charge in [-0.15, -0.1) is 0 Å². The summed E-state index contributed by atoms with van der Waals surface area (Å²) in [5.74, 6) is 0. The van der Waals surface area contributed by atoms with Crippen LogP contribution in [-0.4, -0.2) is 37.1 Å². The van der Waals surface area contributed by atoms with Crippen molar-refractivity contribution < 1.29 is 4.79 Å². The minimum absolute atomic E-state index is 0.000509. The normalized spacial score (nSPS) is 19.7. The quantitative estimate of drug-likeness (QED) is 0.841. The van der Waals surface area contributed by atoms with Crippen molar-refractivity contribution in [3.8, 4) is 0 Å². The van der Waals surface area contributed by atoms with Crippen LogP contribution in [0.25, 0.3) is 0 Å². The zero-order chi connectivity index (χ0) is 13.0. The van der Waals surface area contributed by atoms with E-state index in [0.717, 1.165) is 37.2 Å². The maximum absolute atomic E-state index is 12.1. The predicted octanol–water partition coefficient (Wildman–Crippen LogP) is 2.21. The number of urea groups is 1. The lowest BCUT2D eigenvalue weighted by Gasteiger charge is -2.32. The molecule has 1 atom stereocenters. The van der Waals surface area contributed by atoms with E-state index in [2.05, 4.69) is 10.6 Å². The van der Waals surface area contributed by atoms with Gasteiger partial charge >= 0.3 is 6.03 Å². The molecule has 1 aliphatic heterocycles. The molecule has 4 nitrogen and oxygen atoms in total. The van der Waals surface area contributed by atoms with E-state index in [9.17, 15) is 4.79 Å². The molecule has 1 saturated heterocycles. The first-order chi connectivity index (χ1) is 8.69. The summed E-state index contributed by atoms with van der Waals surface area (Å²) in [5.41, 5.74) is 2.02. The first-order valence-electron chi connectivity index (χ1n) is 6.49. The first kappa shape index (κ1) is 12.9. The van der Waals surface area contributed by atoms with Gasteiger partial charge in [-0.25, -0.2) is 4.79 Å². The number of benzene rings is 1. The van der Waals surface area contributed by atoms with E-state index in [-0.39, 0.29) is 6.03 Å². The third-order valence-corrected chi connectivity index (χ3v) is 3.39. The fourth-order valence-electron chi connectivity index (χ4n) is 2.32. The van der Waals surface area contributed by atoms with Crippen molar-refractivity contribution in [3.05, 3.63) is 29.8 Å². The Kier molecular flexibility index (Phi) is 4.20. The molecule has 0 bridgehead atoms. The van der Waals surface area contributed by atoms with Gasteiger partial charge in [0.05, 0.1) is 0 Å². The molecule has 1 unspecified atom stereocenters. The van der Waals surface area contributed by atoms with E-state index < -0.39 is 0 Å². The largest absolute Gasteiger partial charge is 0.323 e. The van der Waals surface area contributed by atoms with Gasteiger partial charge in [-0.2, -0.15) is 0 Å². The van der Waals surface area contributed by atoms with Crippen molar-refractivity contribution in [1.29, 1.82) is 0 Å². The number of hydrogen-bond acceptors (Lipinski definition) is 2. The Morgan fingerprint density at radius 1 is 1.44 bits per heavy atom. The van der Waals surface area contributed by atoms with Gasteiger partial charge in [0.25, 0.3) is 0 Å². The standard InChI is InChI=1S/C14H21N3O/c1-11-5-3-6-12(9-11)16-14(18)17-8-4-7-13(10-17)15-2/h3,5-6,9,13,15H,4,7-8,10H2,1-2H3,(H,16,18). The number of carbonyl (C=O) groups excluding carboxylic acids is 1. The topological polar surface area (TPSA) is 44.4 Å². The molecule has 0 radical (unpaired) electrons. The van der Waals surface area contributed by atoms with Crippen LogP contribution in [0.1, 0.15) is 18.4 Å². The molecule has 2 rings (SSSR count). The minimum Gasteiger partial charge on any atom is -0.323 e. The molecule has 0 aromatic heterocycles. The van der Waals surface area contributed by atoms with Gasteiger partial charge in [0.15, 0.2) is 0 Å². The zero-order valence-corrected chi connectivity index (χ0v) is 11.1. The van der Waals surface area contributed by atoms with Gasteiger partial charge < -0.3 is 15.5 Å². The summed E-state index contributed by atoms with van der Waals surface area (Å²) in [4.78, 5) is 14.0. The predicted molar refractivity (Wildman–Crippen MR) is 73.9 cm³/mol. The molecule has 1 heterocycles. The summed E-state index contributed by atoms with van der Waals surface area (Å²) in [6.07, 6.45) is 2.21. The highest BCUT2D eigenvalue weighted by molar-refractivity contribution is 5.89. The summed E-state index contributed by atoms with van der Waals surface area (Å²) in [5, 5.41) is 6.20. The minimum atomic E-state index is 0.000509. The third kappa shape index (κ3) is 3.23. The number of rotatable bonds is 2. The van der Waals surface area contributed by atoms with Crippen LogP contribution in [0.3, 0.4) is 0 Å². The Balaban J connectivity index is 1.95. The molecule has 0 spiro atoms. The number of hydrogen-bond donors (Lipinski definition) is 2. The smallest absolute Gasteiger partial charge is 0.321 e. The number of piperidine rings is 1. The summed E-state index contributed by atoms with van der Waals surface area (Å²) in [7, 11) is 1.95. The maximum Gasteiger partial charge on any atom is 0.321 e. The Hall–Kier alpha value is -1.55. The number of anilines is 1. The van der Waals surface area contributed by atoms with Crippen LogP contribution in [0, 0.1) is 6.92 Å². The van der Waals surface area contributed by atoms with E-state index in [0.29, 0.717) is 6.04 Å². The average Bonchev–Trinajstić information content (AvgIpc) is 2.39. The monoisotopic (exact) mass is 247 g/mol. The summed E-state index contributed by atoms with van der Waals surface area (Å²) in [6, 6.07) is 8.30. The lowest BCUT2D eigenvalue weighted by atomic mass is 10.1. The van der Waals surface area contributed by atoms with Gasteiger partial charge in [0.2, 0.25) is 0 Å². The van der Waals surface area contributed by atoms with Crippen LogP contribution in [0.4, 0.5) is 10.5 Å². The Morgan fingerprint density at radius 3 is 3.00 bits per heavy atom. The number of nitrogens with one attached hydrogen (secondary N) is 2. The average molecular weight is 247 g/mol. The van der Waals surface area contributed by atoms with Crippen LogP contribution in [-0.2, 0) is 0 Å². The van der Waals surface area contributed by atoms with E-state index in [1.165, 1.54) is 0 Å². The molecule has 4 heteroatoms. The lowest BCUT2D eigenvalue weighted by Crippen LogP contribution is -2.48. The van der Waals surface area contributed by atoms with Crippen molar-refractivity contribution in [2.75, 3.05) is 25.5 Å². The summed E-state index contributed by atoms with van der Waals surface area (Å²) in [6.45, 7) is 3.65. The van der Waals surface area contributed by atoms with Crippen molar-refractivity contribution in [2.24, 2.45) is 0 Å². The van der Waals surface area contributed by atoms with Gasteiger partial charge in [-0.05, 0) is 44.5 Å². The van der Waals surface area contributed by atoms with Gasteiger partial charge in [-0.1, -0.05) is 12.1 Å². The molecule has 1 aromatic carbocycles. The van der Waals surface area contributed by atoms with Gasteiger partial charge in [-0.3, -0.25) is 0 Å². The Labute approximate surface area is 108 Å². The SMILES string of the molecule is CNC1CCCN(C(=O)Nc2cccc(C)c2)C1. The number of likely N-dealkylation sites (N-methyl/N-ethyl adjacent to an activating group) is 1.